The van der Waals surface area contributed by atoms with Crippen molar-refractivity contribution in [3.63, 3.8) is 0 Å². The largest absolute Gasteiger partial charge is 1.00 e. The van der Waals surface area contributed by atoms with Crippen LogP contribution in [0.1, 0.15) is 60.6 Å². The van der Waals surface area contributed by atoms with Gasteiger partial charge in [-0.15, -0.1) is 30.2 Å². The summed E-state index contributed by atoms with van der Waals surface area (Å²) in [4.78, 5) is 0. The van der Waals surface area contributed by atoms with Gasteiger partial charge in [-0.3, -0.25) is 6.08 Å². The molecule has 0 spiro atoms. The van der Waals surface area contributed by atoms with Crippen LogP contribution in [0.4, 0.5) is 0 Å². The zero-order chi connectivity index (χ0) is 30.3. The Morgan fingerprint density at radius 2 is 1.41 bits per heavy atom. The molecular weight excluding hydrogens is 701 g/mol. The molecule has 44 heavy (non-hydrogen) atoms. The van der Waals surface area contributed by atoms with E-state index in [1.165, 1.54) is 60.8 Å². The fourth-order valence-electron chi connectivity index (χ4n) is 4.74. The number of fused-ring (bicyclic) bond motifs is 3. The van der Waals surface area contributed by atoms with E-state index in [1.807, 2.05) is 54.6 Å². The summed E-state index contributed by atoms with van der Waals surface area (Å²) in [5, 5.41) is 1.53. The zero-order valence-electron chi connectivity index (χ0n) is 25.2. The van der Waals surface area contributed by atoms with Crippen LogP contribution in [0, 0.1) is 17.6 Å². The van der Waals surface area contributed by atoms with Gasteiger partial charge in [-0.1, -0.05) is 68.2 Å². The van der Waals surface area contributed by atoms with E-state index in [0.29, 0.717) is 5.41 Å². The van der Waals surface area contributed by atoms with Gasteiger partial charge in [0.25, 0.3) is 0 Å². The minimum absolute atomic E-state index is 0. The zero-order valence-corrected chi connectivity index (χ0v) is 30.6. The summed E-state index contributed by atoms with van der Waals surface area (Å²) in [6, 6.07) is 29.8. The second kappa shape index (κ2) is 17.4. The van der Waals surface area contributed by atoms with Crippen LogP contribution in [-0.2, 0) is 30.7 Å². The van der Waals surface area contributed by atoms with Gasteiger partial charge < -0.3 is 24.8 Å². The first kappa shape index (κ1) is 37.9. The molecule has 0 nitrogen and oxygen atoms in total. The number of hydrogen-bond donors (Lipinski definition) is 0. The molecule has 6 rings (SSSR count). The number of hydrogen-bond acceptors (Lipinski definition) is 0. The van der Waals surface area contributed by atoms with Gasteiger partial charge in [0.2, 0.25) is 0 Å². The number of allylic oxidation sites excluding steroid dienone is 4. The fourth-order valence-corrected chi connectivity index (χ4v) is 5.88. The van der Waals surface area contributed by atoms with Crippen LogP contribution in [0.2, 0.25) is 10.0 Å². The van der Waals surface area contributed by atoms with Gasteiger partial charge in [0.1, 0.15) is 0 Å². The average molecular weight is 736 g/mol. The summed E-state index contributed by atoms with van der Waals surface area (Å²) in [6.07, 6.45) is 13.2. The van der Waals surface area contributed by atoms with Crippen molar-refractivity contribution in [2.24, 2.45) is 5.41 Å². The van der Waals surface area contributed by atoms with E-state index in [4.69, 9.17) is 23.2 Å². The van der Waals surface area contributed by atoms with Gasteiger partial charge in [-0.2, -0.15) is 35.4 Å². The third-order valence-corrected chi connectivity index (χ3v) is 8.99. The molecule has 5 heteroatoms. The number of benzene rings is 4. The Bertz CT molecular complexity index is 1590. The predicted molar refractivity (Wildman–Crippen MR) is 180 cm³/mol. The fraction of sp³-hybridized carbons (Fsp3) is 0.154. The SMILES string of the molecule is C=Cc1c[c-]c2c(c1)-c1cc(C=C)ccc1C2.CC(C)(C)C1=CC[C-]=C1.Clc1cccc([C](=[Zr+2])c2cccc(Cl)c2)c1.[Cl-].[Cl-]. The molecule has 0 aliphatic heterocycles. The monoisotopic (exact) mass is 732 g/mol. The van der Waals surface area contributed by atoms with Crippen LogP contribution < -0.4 is 24.8 Å². The Balaban J connectivity index is 0.000000235. The quantitative estimate of drug-likeness (QED) is 0.224. The topological polar surface area (TPSA) is 0 Å². The van der Waals surface area contributed by atoms with Crippen LogP contribution in [-0.4, -0.2) is 3.21 Å². The minimum atomic E-state index is 0. The van der Waals surface area contributed by atoms with Gasteiger partial charge in [0.15, 0.2) is 0 Å². The van der Waals surface area contributed by atoms with E-state index in [-0.39, 0.29) is 24.8 Å². The van der Waals surface area contributed by atoms with Crippen LogP contribution >= 0.6 is 23.2 Å². The maximum atomic E-state index is 5.98. The summed E-state index contributed by atoms with van der Waals surface area (Å²) in [7, 11) is 0. The molecule has 0 fully saturated rings. The molecule has 0 radical (unpaired) electrons. The second-order valence-electron chi connectivity index (χ2n) is 11.2. The first-order valence-electron chi connectivity index (χ1n) is 13.9. The number of rotatable bonds is 4. The Morgan fingerprint density at radius 1 is 0.818 bits per heavy atom. The molecule has 224 valence electrons. The van der Waals surface area contributed by atoms with Crippen molar-refractivity contribution >= 4 is 38.6 Å². The van der Waals surface area contributed by atoms with Gasteiger partial charge >= 0.3 is 120 Å². The van der Waals surface area contributed by atoms with Crippen LogP contribution in [0.25, 0.3) is 23.3 Å². The molecular formula is C39H34Cl4Zr-2. The van der Waals surface area contributed by atoms with Crippen LogP contribution in [0.15, 0.2) is 110 Å². The van der Waals surface area contributed by atoms with Gasteiger partial charge in [-0.05, 0) is 12.0 Å². The van der Waals surface area contributed by atoms with Crippen molar-refractivity contribution in [3.05, 3.63) is 165 Å². The summed E-state index contributed by atoms with van der Waals surface area (Å²) < 4.78 is 1.26. The van der Waals surface area contributed by atoms with Crippen LogP contribution in [0.3, 0.4) is 0 Å². The summed E-state index contributed by atoms with van der Waals surface area (Å²) >= 11 is 13.3. The Morgan fingerprint density at radius 3 is 1.89 bits per heavy atom. The van der Waals surface area contributed by atoms with Crippen LogP contribution in [0.5, 0.6) is 0 Å². The minimum Gasteiger partial charge on any atom is -1.00 e. The number of halogens is 4. The molecule has 0 aromatic heterocycles. The van der Waals surface area contributed by atoms with Crippen molar-refractivity contribution < 1.29 is 49.0 Å². The third-order valence-electron chi connectivity index (χ3n) is 7.10. The molecule has 2 aliphatic carbocycles. The van der Waals surface area contributed by atoms with Gasteiger partial charge in [0, 0.05) is 0 Å². The normalized spacial score (nSPS) is 12.0. The summed E-state index contributed by atoms with van der Waals surface area (Å²) in [6.45, 7) is 14.3. The maximum absolute atomic E-state index is 5.98. The van der Waals surface area contributed by atoms with Gasteiger partial charge in [0.05, 0.1) is 0 Å². The van der Waals surface area contributed by atoms with E-state index in [9.17, 15) is 0 Å². The molecule has 4 aromatic rings. The molecule has 0 N–H and O–H groups in total. The Labute approximate surface area is 300 Å². The Hall–Kier alpha value is -2.25. The second-order valence-corrected chi connectivity index (χ2v) is 13.3. The Kier molecular flexibility index (Phi) is 15.0. The molecule has 0 bridgehead atoms. The molecule has 0 amide bonds. The maximum Gasteiger partial charge on any atom is -1.00 e. The molecule has 4 aromatic carbocycles. The van der Waals surface area contributed by atoms with Crippen molar-refractivity contribution in [2.45, 2.75) is 33.6 Å². The molecule has 0 atom stereocenters. The molecule has 0 unspecified atom stereocenters. The van der Waals surface area contributed by atoms with E-state index in [0.717, 1.165) is 39.6 Å². The molecule has 0 saturated heterocycles. The van der Waals surface area contributed by atoms with Crippen molar-refractivity contribution in [1.82, 2.24) is 0 Å². The van der Waals surface area contributed by atoms with Gasteiger partial charge in [-0.25, -0.2) is 6.08 Å². The third kappa shape index (κ3) is 10.1. The summed E-state index contributed by atoms with van der Waals surface area (Å²) in [5.74, 6) is 0. The molecule has 0 saturated carbocycles. The smallest absolute Gasteiger partial charge is 1.00 e. The van der Waals surface area contributed by atoms with Crippen molar-refractivity contribution in [2.75, 3.05) is 0 Å². The standard InChI is InChI=1S/C17H13.C13H8Cl2.C9H13.2ClH.Zr/c1-3-12-5-7-14-11-15-8-6-13(4-2)10-17(15)16(14)9-12;14-12-5-1-3-10(8-12)7-11-4-2-6-13(15)9-11;1-9(2,3)8-6-4-5-7-8;;;/h3-7,9-10H,1-2,11H2;1-6,8-9H;6-7H,4H2,1-3H3;2*1H;/q-1;;-1;;;+2/p-2. The van der Waals surface area contributed by atoms with E-state index >= 15 is 0 Å². The van der Waals surface area contributed by atoms with E-state index in [1.54, 1.807) is 0 Å². The van der Waals surface area contributed by atoms with Crippen molar-refractivity contribution in [3.8, 4) is 11.1 Å². The van der Waals surface area contributed by atoms with Crippen molar-refractivity contribution in [1.29, 1.82) is 0 Å². The first-order chi connectivity index (χ1) is 20.1. The first-order valence-corrected chi connectivity index (χ1v) is 15.9. The average Bonchev–Trinajstić information content (AvgIpc) is 3.66. The predicted octanol–water partition coefficient (Wildman–Crippen LogP) is 5.18. The van der Waals surface area contributed by atoms with E-state index < -0.39 is 0 Å². The van der Waals surface area contributed by atoms with E-state index in [2.05, 4.69) is 94.6 Å². The molecule has 0 heterocycles. The summed E-state index contributed by atoms with van der Waals surface area (Å²) in [5.41, 5.74) is 11.6. The molecule has 2 aliphatic rings.